The number of amides is 1. The second kappa shape index (κ2) is 7.57. The first-order valence-electron chi connectivity index (χ1n) is 7.85. The van der Waals surface area contributed by atoms with Crippen molar-refractivity contribution in [3.05, 3.63) is 89.7 Å². The van der Waals surface area contributed by atoms with E-state index in [0.717, 1.165) is 17.7 Å². The van der Waals surface area contributed by atoms with Crippen molar-refractivity contribution in [3.63, 3.8) is 0 Å². The zero-order valence-electron chi connectivity index (χ0n) is 13.3. The Morgan fingerprint density at radius 3 is 2.38 bits per heavy atom. The quantitative estimate of drug-likeness (QED) is 0.701. The predicted octanol–water partition coefficient (Wildman–Crippen LogP) is 2.25. The molecule has 3 aromatic rings. The fraction of sp³-hybridized carbons (Fsp3) is 0.158. The average molecular weight is 320 g/mol. The summed E-state index contributed by atoms with van der Waals surface area (Å²) in [6.07, 6.45) is 3.78. The molecule has 5 heteroatoms. The Kier molecular flexibility index (Phi) is 5.03. The monoisotopic (exact) mass is 320 g/mol. The first-order valence-corrected chi connectivity index (χ1v) is 7.85. The maximum Gasteiger partial charge on any atom is 0.239 e. The molecule has 2 aromatic carbocycles. The summed E-state index contributed by atoms with van der Waals surface area (Å²) < 4.78 is 1.88. The van der Waals surface area contributed by atoms with E-state index >= 15 is 0 Å². The van der Waals surface area contributed by atoms with Gasteiger partial charge in [-0.15, -0.1) is 0 Å². The van der Waals surface area contributed by atoms with Crippen LogP contribution in [0.25, 0.3) is 0 Å². The summed E-state index contributed by atoms with van der Waals surface area (Å²) in [7, 11) is 0. The zero-order valence-corrected chi connectivity index (χ0v) is 13.3. The van der Waals surface area contributed by atoms with Gasteiger partial charge in [0.1, 0.15) is 6.04 Å². The number of rotatable bonds is 7. The molecule has 0 saturated heterocycles. The predicted molar refractivity (Wildman–Crippen MR) is 93.0 cm³/mol. The molecule has 0 radical (unpaired) electrons. The Morgan fingerprint density at radius 2 is 1.71 bits per heavy atom. The minimum atomic E-state index is -0.510. The van der Waals surface area contributed by atoms with Crippen molar-refractivity contribution in [2.75, 3.05) is 0 Å². The van der Waals surface area contributed by atoms with Crippen molar-refractivity contribution < 1.29 is 4.79 Å². The lowest BCUT2D eigenvalue weighted by atomic mass is 10.1. The molecule has 1 heterocycles. The molecule has 122 valence electrons. The highest BCUT2D eigenvalue weighted by Crippen LogP contribution is 2.13. The Labute approximate surface area is 141 Å². The molecule has 3 N–H and O–H groups in total. The Hall–Kier alpha value is -2.92. The van der Waals surface area contributed by atoms with Gasteiger partial charge >= 0.3 is 0 Å². The van der Waals surface area contributed by atoms with Gasteiger partial charge in [0.25, 0.3) is 0 Å². The van der Waals surface area contributed by atoms with Gasteiger partial charge in [-0.05, 0) is 11.1 Å². The molecule has 1 amide bonds. The first kappa shape index (κ1) is 16.0. The second-order valence-corrected chi connectivity index (χ2v) is 5.66. The van der Waals surface area contributed by atoms with Gasteiger partial charge in [0.15, 0.2) is 0 Å². The number of nitrogens with one attached hydrogen (secondary N) is 1. The molecule has 5 nitrogen and oxygen atoms in total. The van der Waals surface area contributed by atoms with Crippen LogP contribution in [-0.2, 0) is 17.9 Å². The van der Waals surface area contributed by atoms with Gasteiger partial charge in [-0.25, -0.2) is 0 Å². The average Bonchev–Trinajstić information content (AvgIpc) is 3.04. The molecule has 0 fully saturated rings. The molecule has 1 atom stereocenters. The molecule has 0 aliphatic rings. The second-order valence-electron chi connectivity index (χ2n) is 5.66. The van der Waals surface area contributed by atoms with Crippen LogP contribution in [0.15, 0.2) is 73.1 Å². The molecule has 0 aliphatic carbocycles. The normalized spacial score (nSPS) is 12.0. The van der Waals surface area contributed by atoms with Gasteiger partial charge in [0.05, 0.1) is 12.7 Å². The summed E-state index contributed by atoms with van der Waals surface area (Å²) in [4.78, 5) is 11.7. The van der Waals surface area contributed by atoms with Crippen molar-refractivity contribution in [2.45, 2.75) is 19.1 Å². The van der Waals surface area contributed by atoms with E-state index < -0.39 is 11.9 Å². The minimum Gasteiger partial charge on any atom is -0.368 e. The van der Waals surface area contributed by atoms with Crippen LogP contribution >= 0.6 is 0 Å². The third-order valence-corrected chi connectivity index (χ3v) is 3.80. The molecule has 1 aromatic heterocycles. The van der Waals surface area contributed by atoms with Crippen LogP contribution in [0.3, 0.4) is 0 Å². The van der Waals surface area contributed by atoms with Gasteiger partial charge in [-0.3, -0.25) is 14.8 Å². The van der Waals surface area contributed by atoms with Gasteiger partial charge in [0, 0.05) is 18.3 Å². The van der Waals surface area contributed by atoms with Crippen molar-refractivity contribution in [3.8, 4) is 0 Å². The van der Waals surface area contributed by atoms with E-state index in [2.05, 4.69) is 22.5 Å². The summed E-state index contributed by atoms with van der Waals surface area (Å²) in [5, 5.41) is 7.57. The van der Waals surface area contributed by atoms with E-state index in [1.54, 1.807) is 6.20 Å². The van der Waals surface area contributed by atoms with Crippen LogP contribution in [0.2, 0.25) is 0 Å². The number of carbonyl (C=O) groups excluding carboxylic acids is 1. The summed E-state index contributed by atoms with van der Waals surface area (Å²) in [5.41, 5.74) is 8.58. The lowest BCUT2D eigenvalue weighted by molar-refractivity contribution is -0.120. The Morgan fingerprint density at radius 1 is 1.04 bits per heavy atom. The Bertz CT molecular complexity index is 783. The Balaban J connectivity index is 1.63. The van der Waals surface area contributed by atoms with Crippen molar-refractivity contribution in [1.82, 2.24) is 15.1 Å². The van der Waals surface area contributed by atoms with Gasteiger partial charge in [0.2, 0.25) is 5.91 Å². The summed E-state index contributed by atoms with van der Waals surface area (Å²) in [6.45, 7) is 1.25. The molecule has 1 unspecified atom stereocenters. The smallest absolute Gasteiger partial charge is 0.239 e. The molecule has 24 heavy (non-hydrogen) atoms. The van der Waals surface area contributed by atoms with Crippen LogP contribution in [-0.4, -0.2) is 15.7 Å². The van der Waals surface area contributed by atoms with Crippen molar-refractivity contribution in [2.24, 2.45) is 5.73 Å². The van der Waals surface area contributed by atoms with E-state index in [9.17, 15) is 4.79 Å². The van der Waals surface area contributed by atoms with E-state index in [-0.39, 0.29) is 0 Å². The summed E-state index contributed by atoms with van der Waals surface area (Å²) in [5.74, 6) is -0.391. The van der Waals surface area contributed by atoms with E-state index in [1.807, 2.05) is 59.4 Å². The number of benzene rings is 2. The highest BCUT2D eigenvalue weighted by Gasteiger charge is 2.16. The van der Waals surface area contributed by atoms with E-state index in [0.29, 0.717) is 6.54 Å². The fourth-order valence-electron chi connectivity index (χ4n) is 2.60. The number of hydrogen-bond donors (Lipinski definition) is 2. The SMILES string of the molecule is NC(=O)C(NCc1cnn(Cc2ccccc2)c1)c1ccccc1. The van der Waals surface area contributed by atoms with Crippen LogP contribution in [0.4, 0.5) is 0 Å². The van der Waals surface area contributed by atoms with Gasteiger partial charge in [-0.1, -0.05) is 60.7 Å². The number of carbonyl (C=O) groups is 1. The van der Waals surface area contributed by atoms with E-state index in [1.165, 1.54) is 5.56 Å². The zero-order chi connectivity index (χ0) is 16.8. The number of nitrogens with zero attached hydrogens (tertiary/aromatic N) is 2. The lowest BCUT2D eigenvalue weighted by Gasteiger charge is -2.15. The highest BCUT2D eigenvalue weighted by molar-refractivity contribution is 5.81. The molecule has 0 bridgehead atoms. The highest BCUT2D eigenvalue weighted by atomic mass is 16.1. The molecule has 0 spiro atoms. The topological polar surface area (TPSA) is 72.9 Å². The van der Waals surface area contributed by atoms with Crippen LogP contribution in [0.5, 0.6) is 0 Å². The number of primary amides is 1. The first-order chi connectivity index (χ1) is 11.7. The van der Waals surface area contributed by atoms with Crippen LogP contribution < -0.4 is 11.1 Å². The summed E-state index contributed by atoms with van der Waals surface area (Å²) >= 11 is 0. The van der Waals surface area contributed by atoms with Crippen molar-refractivity contribution in [1.29, 1.82) is 0 Å². The standard InChI is InChI=1S/C19H20N4O/c20-19(24)18(17-9-5-2-6-10-17)21-11-16-12-22-23(14-16)13-15-7-3-1-4-8-15/h1-10,12,14,18,21H,11,13H2,(H2,20,24). The van der Waals surface area contributed by atoms with E-state index in [4.69, 9.17) is 5.73 Å². The maximum absolute atomic E-state index is 11.7. The van der Waals surface area contributed by atoms with Crippen LogP contribution in [0, 0.1) is 0 Å². The third-order valence-electron chi connectivity index (χ3n) is 3.80. The third kappa shape index (κ3) is 4.08. The van der Waals surface area contributed by atoms with Gasteiger partial charge in [-0.2, -0.15) is 5.10 Å². The number of hydrogen-bond acceptors (Lipinski definition) is 3. The van der Waals surface area contributed by atoms with Crippen molar-refractivity contribution >= 4 is 5.91 Å². The largest absolute Gasteiger partial charge is 0.368 e. The lowest BCUT2D eigenvalue weighted by Crippen LogP contribution is -2.33. The molecule has 0 aliphatic heterocycles. The minimum absolute atomic E-state index is 0.391. The van der Waals surface area contributed by atoms with Gasteiger partial charge < -0.3 is 5.73 Å². The van der Waals surface area contributed by atoms with Crippen LogP contribution in [0.1, 0.15) is 22.7 Å². The fourth-order valence-corrected chi connectivity index (χ4v) is 2.60. The maximum atomic E-state index is 11.7. The molecular weight excluding hydrogens is 300 g/mol. The number of aromatic nitrogens is 2. The molecule has 0 saturated carbocycles. The number of nitrogens with two attached hydrogens (primary N) is 1. The molecular formula is C19H20N4O. The summed E-state index contributed by atoms with van der Waals surface area (Å²) in [6, 6.07) is 19.1. The molecule has 3 rings (SSSR count).